The Morgan fingerprint density at radius 3 is 2.65 bits per heavy atom. The van der Waals surface area contributed by atoms with Crippen molar-refractivity contribution in [3.05, 3.63) is 48.0 Å². The van der Waals surface area contributed by atoms with Gasteiger partial charge in [0.2, 0.25) is 0 Å². The lowest BCUT2D eigenvalue weighted by Gasteiger charge is -2.14. The highest BCUT2D eigenvalue weighted by Crippen LogP contribution is 2.25. The maximum absolute atomic E-state index is 10.8. The van der Waals surface area contributed by atoms with Crippen molar-refractivity contribution in [2.24, 2.45) is 0 Å². The minimum Gasteiger partial charge on any atom is -0.465 e. The van der Waals surface area contributed by atoms with E-state index < -0.39 is 0 Å². The molecular weight excluding hydrogens is 212 g/mol. The molecule has 0 aliphatic heterocycles. The third-order valence-corrected chi connectivity index (χ3v) is 2.89. The van der Waals surface area contributed by atoms with E-state index in [9.17, 15) is 4.79 Å². The van der Waals surface area contributed by atoms with E-state index in [1.807, 2.05) is 18.2 Å². The van der Waals surface area contributed by atoms with E-state index in [1.54, 1.807) is 0 Å². The van der Waals surface area contributed by atoms with Gasteiger partial charge in [0.05, 0.1) is 6.61 Å². The number of hydrogen-bond acceptors (Lipinski definition) is 2. The second-order valence-electron chi connectivity index (χ2n) is 4.27. The highest BCUT2D eigenvalue weighted by Gasteiger charge is 2.10. The molecule has 2 nitrogen and oxygen atoms in total. The van der Waals surface area contributed by atoms with Crippen LogP contribution in [0.25, 0.3) is 10.8 Å². The summed E-state index contributed by atoms with van der Waals surface area (Å²) in [5.41, 5.74) is 1.23. The molecule has 1 atom stereocenters. The molecule has 1 unspecified atom stereocenters. The van der Waals surface area contributed by atoms with Gasteiger partial charge in [-0.2, -0.15) is 0 Å². The van der Waals surface area contributed by atoms with E-state index in [2.05, 4.69) is 31.2 Å². The van der Waals surface area contributed by atoms with Crippen LogP contribution in [0, 0.1) is 0 Å². The molecule has 2 rings (SSSR count). The minimum atomic E-state index is -0.225. The summed E-state index contributed by atoms with van der Waals surface area (Å²) < 4.78 is 5.07. The molecule has 2 aromatic rings. The van der Waals surface area contributed by atoms with Crippen molar-refractivity contribution < 1.29 is 9.53 Å². The van der Waals surface area contributed by atoms with Crippen molar-refractivity contribution in [1.29, 1.82) is 0 Å². The Bertz CT molecular complexity index is 526. The van der Waals surface area contributed by atoms with Crippen molar-refractivity contribution >= 4 is 16.7 Å². The molecule has 0 bridgehead atoms. The maximum atomic E-state index is 10.8. The maximum Gasteiger partial charge on any atom is 0.302 e. The van der Waals surface area contributed by atoms with E-state index in [0.29, 0.717) is 6.61 Å². The largest absolute Gasteiger partial charge is 0.465 e. The van der Waals surface area contributed by atoms with Crippen LogP contribution >= 0.6 is 0 Å². The lowest BCUT2D eigenvalue weighted by atomic mass is 9.95. The first kappa shape index (κ1) is 11.6. The molecule has 2 heteroatoms. The van der Waals surface area contributed by atoms with Crippen molar-refractivity contribution in [3.8, 4) is 0 Å². The molecule has 0 heterocycles. The van der Waals surface area contributed by atoms with Crippen LogP contribution in [-0.2, 0) is 9.53 Å². The molecule has 0 aliphatic rings. The molecule has 0 amide bonds. The summed E-state index contributed by atoms with van der Waals surface area (Å²) in [5.74, 6) is -0.0120. The molecule has 17 heavy (non-hydrogen) atoms. The smallest absolute Gasteiger partial charge is 0.302 e. The molecule has 0 fully saturated rings. The zero-order valence-electron chi connectivity index (χ0n) is 10.1. The van der Waals surface area contributed by atoms with Crippen LogP contribution in [0.3, 0.4) is 0 Å². The van der Waals surface area contributed by atoms with E-state index in [0.717, 1.165) is 0 Å². The molecule has 0 saturated heterocycles. The number of hydrogen-bond donors (Lipinski definition) is 0. The third-order valence-electron chi connectivity index (χ3n) is 2.89. The van der Waals surface area contributed by atoms with E-state index >= 15 is 0 Å². The first-order valence-corrected chi connectivity index (χ1v) is 5.79. The van der Waals surface area contributed by atoms with Crippen molar-refractivity contribution in [2.45, 2.75) is 19.8 Å². The quantitative estimate of drug-likeness (QED) is 0.751. The van der Waals surface area contributed by atoms with Gasteiger partial charge in [0.15, 0.2) is 0 Å². The van der Waals surface area contributed by atoms with Crippen LogP contribution in [0.5, 0.6) is 0 Å². The summed E-state index contributed by atoms with van der Waals surface area (Å²) in [4.78, 5) is 10.8. The van der Waals surface area contributed by atoms with Gasteiger partial charge in [-0.1, -0.05) is 49.4 Å². The predicted molar refractivity (Wildman–Crippen MR) is 69.0 cm³/mol. The number of ether oxygens (including phenoxy) is 1. The lowest BCUT2D eigenvalue weighted by molar-refractivity contribution is -0.141. The Kier molecular flexibility index (Phi) is 3.43. The molecule has 0 radical (unpaired) electrons. The van der Waals surface area contributed by atoms with Crippen LogP contribution in [0.4, 0.5) is 0 Å². The number of carbonyl (C=O) groups is 1. The standard InChI is InChI=1S/C15H16O2/c1-11(10-17-12(2)16)14-9-5-7-13-6-3-4-8-15(13)14/h3-9,11H,10H2,1-2H3. The number of carbonyl (C=O) groups excluding carboxylic acids is 1. The summed E-state index contributed by atoms with van der Waals surface area (Å²) in [7, 11) is 0. The van der Waals surface area contributed by atoms with Gasteiger partial charge in [0.25, 0.3) is 0 Å². The Morgan fingerprint density at radius 2 is 1.88 bits per heavy atom. The normalized spacial score (nSPS) is 12.4. The van der Waals surface area contributed by atoms with Crippen LogP contribution in [-0.4, -0.2) is 12.6 Å². The fourth-order valence-corrected chi connectivity index (χ4v) is 2.01. The fourth-order valence-electron chi connectivity index (χ4n) is 2.01. The first-order chi connectivity index (χ1) is 8.18. The average Bonchev–Trinajstić information content (AvgIpc) is 2.35. The molecule has 0 aliphatic carbocycles. The highest BCUT2D eigenvalue weighted by atomic mass is 16.5. The van der Waals surface area contributed by atoms with Crippen molar-refractivity contribution in [2.75, 3.05) is 6.61 Å². The summed E-state index contributed by atoms with van der Waals surface area (Å²) in [6.07, 6.45) is 0. The zero-order valence-corrected chi connectivity index (χ0v) is 10.1. The molecule has 0 spiro atoms. The number of benzene rings is 2. The first-order valence-electron chi connectivity index (χ1n) is 5.79. The van der Waals surface area contributed by atoms with Gasteiger partial charge in [-0.3, -0.25) is 4.79 Å². The third kappa shape index (κ3) is 2.64. The Morgan fingerprint density at radius 1 is 1.18 bits per heavy atom. The topological polar surface area (TPSA) is 26.3 Å². The van der Waals surface area contributed by atoms with Gasteiger partial charge in [0, 0.05) is 12.8 Å². The molecular formula is C15H16O2. The molecule has 2 aromatic carbocycles. The second kappa shape index (κ2) is 5.00. The van der Waals surface area contributed by atoms with Gasteiger partial charge in [-0.05, 0) is 16.3 Å². The van der Waals surface area contributed by atoms with Crippen LogP contribution < -0.4 is 0 Å². The predicted octanol–water partition coefficient (Wildman–Crippen LogP) is 3.51. The molecule has 0 saturated carbocycles. The van der Waals surface area contributed by atoms with Crippen LogP contribution in [0.1, 0.15) is 25.3 Å². The second-order valence-corrected chi connectivity index (χ2v) is 4.27. The average molecular weight is 228 g/mol. The van der Waals surface area contributed by atoms with E-state index in [1.165, 1.54) is 23.3 Å². The monoisotopic (exact) mass is 228 g/mol. The zero-order chi connectivity index (χ0) is 12.3. The minimum absolute atomic E-state index is 0.213. The van der Waals surface area contributed by atoms with E-state index in [-0.39, 0.29) is 11.9 Å². The summed E-state index contributed by atoms with van der Waals surface area (Å²) in [6.45, 7) is 3.95. The number of rotatable bonds is 3. The van der Waals surface area contributed by atoms with Gasteiger partial charge < -0.3 is 4.74 Å². The summed E-state index contributed by atoms with van der Waals surface area (Å²) in [6, 6.07) is 14.5. The van der Waals surface area contributed by atoms with E-state index in [4.69, 9.17) is 4.74 Å². The molecule has 88 valence electrons. The summed E-state index contributed by atoms with van der Waals surface area (Å²) >= 11 is 0. The van der Waals surface area contributed by atoms with Gasteiger partial charge in [-0.15, -0.1) is 0 Å². The van der Waals surface area contributed by atoms with Gasteiger partial charge in [0.1, 0.15) is 0 Å². The SMILES string of the molecule is CC(=O)OCC(C)c1cccc2ccccc12. The number of esters is 1. The van der Waals surface area contributed by atoms with Gasteiger partial charge in [-0.25, -0.2) is 0 Å². The number of fused-ring (bicyclic) bond motifs is 1. The molecule has 0 aromatic heterocycles. The van der Waals surface area contributed by atoms with Crippen molar-refractivity contribution in [3.63, 3.8) is 0 Å². The fraction of sp³-hybridized carbons (Fsp3) is 0.267. The highest BCUT2D eigenvalue weighted by molar-refractivity contribution is 5.86. The van der Waals surface area contributed by atoms with Crippen molar-refractivity contribution in [1.82, 2.24) is 0 Å². The van der Waals surface area contributed by atoms with Crippen LogP contribution in [0.2, 0.25) is 0 Å². The Balaban J connectivity index is 2.31. The summed E-state index contributed by atoms with van der Waals surface area (Å²) in [5, 5.41) is 2.45. The molecule has 0 N–H and O–H groups in total. The Labute approximate surface area is 101 Å². The van der Waals surface area contributed by atoms with Gasteiger partial charge >= 0.3 is 5.97 Å². The lowest BCUT2D eigenvalue weighted by Crippen LogP contribution is -2.08. The Hall–Kier alpha value is -1.83. The van der Waals surface area contributed by atoms with Crippen LogP contribution in [0.15, 0.2) is 42.5 Å².